The summed E-state index contributed by atoms with van der Waals surface area (Å²) < 4.78 is 0. The van der Waals surface area contributed by atoms with E-state index in [0.717, 1.165) is 32.2 Å². The van der Waals surface area contributed by atoms with Crippen molar-refractivity contribution in [1.29, 1.82) is 0 Å². The minimum Gasteiger partial charge on any atom is -0.368 e. The molecule has 0 aromatic carbocycles. The van der Waals surface area contributed by atoms with Crippen molar-refractivity contribution < 1.29 is 4.79 Å². The van der Waals surface area contributed by atoms with Crippen molar-refractivity contribution in [3.05, 3.63) is 22.4 Å². The van der Waals surface area contributed by atoms with E-state index in [1.165, 1.54) is 4.88 Å². The normalized spacial score (nSPS) is 28.4. The number of rotatable bonds is 5. The fourth-order valence-corrected chi connectivity index (χ4v) is 3.58. The molecule has 0 bridgehead atoms. The summed E-state index contributed by atoms with van der Waals surface area (Å²) in [7, 11) is 0. The van der Waals surface area contributed by atoms with E-state index in [9.17, 15) is 4.79 Å². The Morgan fingerprint density at radius 1 is 1.71 bits per heavy atom. The van der Waals surface area contributed by atoms with Crippen molar-refractivity contribution in [2.75, 3.05) is 0 Å². The van der Waals surface area contributed by atoms with Crippen LogP contribution in [0.5, 0.6) is 0 Å². The molecule has 0 spiro atoms. The van der Waals surface area contributed by atoms with Gasteiger partial charge in [0.05, 0.1) is 0 Å². The lowest BCUT2D eigenvalue weighted by molar-refractivity contribution is -0.126. The SMILES string of the molecule is CCC1CCCC1(NCc1cccs1)C(N)=O. The number of hydrogen-bond donors (Lipinski definition) is 2. The van der Waals surface area contributed by atoms with Gasteiger partial charge in [0.25, 0.3) is 0 Å². The average Bonchev–Trinajstić information content (AvgIpc) is 2.96. The summed E-state index contributed by atoms with van der Waals surface area (Å²) in [5.74, 6) is 0.207. The highest BCUT2D eigenvalue weighted by Crippen LogP contribution is 2.38. The van der Waals surface area contributed by atoms with Gasteiger partial charge in [-0.25, -0.2) is 0 Å². The molecule has 2 rings (SSSR count). The molecule has 0 aliphatic heterocycles. The smallest absolute Gasteiger partial charge is 0.238 e. The molecule has 1 amide bonds. The zero-order valence-corrected chi connectivity index (χ0v) is 11.1. The quantitative estimate of drug-likeness (QED) is 0.844. The Morgan fingerprint density at radius 2 is 2.53 bits per heavy atom. The summed E-state index contributed by atoms with van der Waals surface area (Å²) in [6.07, 6.45) is 4.10. The number of hydrogen-bond acceptors (Lipinski definition) is 3. The Bertz CT molecular complexity index is 377. The Hall–Kier alpha value is -0.870. The molecule has 1 aromatic heterocycles. The van der Waals surface area contributed by atoms with Crippen LogP contribution < -0.4 is 11.1 Å². The van der Waals surface area contributed by atoms with Crippen LogP contribution in [0.3, 0.4) is 0 Å². The maximum absolute atomic E-state index is 11.8. The van der Waals surface area contributed by atoms with Gasteiger partial charge in [-0.3, -0.25) is 10.1 Å². The molecule has 3 nitrogen and oxygen atoms in total. The Morgan fingerprint density at radius 3 is 3.12 bits per heavy atom. The van der Waals surface area contributed by atoms with Crippen molar-refractivity contribution in [3.63, 3.8) is 0 Å². The van der Waals surface area contributed by atoms with Crippen LogP contribution in [0.4, 0.5) is 0 Å². The second kappa shape index (κ2) is 5.19. The van der Waals surface area contributed by atoms with Gasteiger partial charge in [-0.1, -0.05) is 25.8 Å². The van der Waals surface area contributed by atoms with Gasteiger partial charge < -0.3 is 5.73 Å². The van der Waals surface area contributed by atoms with Gasteiger partial charge in [-0.15, -0.1) is 11.3 Å². The van der Waals surface area contributed by atoms with E-state index in [1.54, 1.807) is 11.3 Å². The zero-order chi connectivity index (χ0) is 12.3. The summed E-state index contributed by atoms with van der Waals surface area (Å²) >= 11 is 1.71. The molecule has 94 valence electrons. The number of nitrogens with two attached hydrogens (primary N) is 1. The van der Waals surface area contributed by atoms with Gasteiger partial charge >= 0.3 is 0 Å². The number of amides is 1. The molecular formula is C13H20N2OS. The van der Waals surface area contributed by atoms with Gasteiger partial charge in [0.15, 0.2) is 0 Å². The highest BCUT2D eigenvalue weighted by molar-refractivity contribution is 7.09. The first-order valence-corrected chi connectivity index (χ1v) is 7.14. The summed E-state index contributed by atoms with van der Waals surface area (Å²) in [5.41, 5.74) is 5.17. The molecule has 1 heterocycles. The maximum atomic E-state index is 11.8. The monoisotopic (exact) mass is 252 g/mol. The molecule has 2 atom stereocenters. The molecule has 3 N–H and O–H groups in total. The fraction of sp³-hybridized carbons (Fsp3) is 0.615. The second-order valence-electron chi connectivity index (χ2n) is 4.77. The number of nitrogens with one attached hydrogen (secondary N) is 1. The minimum absolute atomic E-state index is 0.182. The number of carbonyl (C=O) groups is 1. The number of primary amides is 1. The largest absolute Gasteiger partial charge is 0.368 e. The lowest BCUT2D eigenvalue weighted by Crippen LogP contribution is -2.57. The van der Waals surface area contributed by atoms with E-state index in [2.05, 4.69) is 23.7 Å². The zero-order valence-electron chi connectivity index (χ0n) is 10.2. The third kappa shape index (κ3) is 2.38. The third-order valence-corrected chi connectivity index (χ3v) is 4.79. The van der Waals surface area contributed by atoms with Gasteiger partial charge in [0, 0.05) is 11.4 Å². The van der Waals surface area contributed by atoms with Gasteiger partial charge in [0.2, 0.25) is 5.91 Å². The Balaban J connectivity index is 2.09. The molecule has 0 radical (unpaired) electrons. The van der Waals surface area contributed by atoms with Crippen LogP contribution in [0.15, 0.2) is 17.5 Å². The first-order valence-electron chi connectivity index (χ1n) is 6.26. The van der Waals surface area contributed by atoms with Crippen LogP contribution >= 0.6 is 11.3 Å². The molecule has 4 heteroatoms. The predicted octanol–water partition coefficient (Wildman–Crippen LogP) is 2.27. The topological polar surface area (TPSA) is 55.1 Å². The van der Waals surface area contributed by atoms with Crippen LogP contribution in [0, 0.1) is 5.92 Å². The van der Waals surface area contributed by atoms with Crippen molar-refractivity contribution in [2.24, 2.45) is 11.7 Å². The second-order valence-corrected chi connectivity index (χ2v) is 5.80. The number of thiophene rings is 1. The van der Waals surface area contributed by atoms with E-state index in [-0.39, 0.29) is 5.91 Å². The van der Waals surface area contributed by atoms with Crippen LogP contribution in [0.1, 0.15) is 37.5 Å². The molecule has 17 heavy (non-hydrogen) atoms. The van der Waals surface area contributed by atoms with Crippen molar-refractivity contribution in [2.45, 2.75) is 44.7 Å². The summed E-state index contributed by atoms with van der Waals surface area (Å²) in [4.78, 5) is 13.1. The van der Waals surface area contributed by atoms with E-state index < -0.39 is 5.54 Å². The van der Waals surface area contributed by atoms with Crippen molar-refractivity contribution in [1.82, 2.24) is 5.32 Å². The van der Waals surface area contributed by atoms with Gasteiger partial charge in [-0.2, -0.15) is 0 Å². The molecule has 1 aromatic rings. The molecule has 1 saturated carbocycles. The number of carbonyl (C=O) groups excluding carboxylic acids is 1. The van der Waals surface area contributed by atoms with Gasteiger partial charge in [-0.05, 0) is 30.2 Å². The Kier molecular flexibility index (Phi) is 3.84. The maximum Gasteiger partial charge on any atom is 0.238 e. The van der Waals surface area contributed by atoms with E-state index in [1.807, 2.05) is 6.07 Å². The molecule has 1 fully saturated rings. The lowest BCUT2D eigenvalue weighted by atomic mass is 9.84. The molecule has 1 aliphatic carbocycles. The highest BCUT2D eigenvalue weighted by Gasteiger charge is 2.46. The van der Waals surface area contributed by atoms with E-state index >= 15 is 0 Å². The Labute approximate surface area is 106 Å². The van der Waals surface area contributed by atoms with Gasteiger partial charge in [0.1, 0.15) is 5.54 Å². The first-order chi connectivity index (χ1) is 8.19. The van der Waals surface area contributed by atoms with E-state index in [0.29, 0.717) is 5.92 Å². The van der Waals surface area contributed by atoms with Crippen molar-refractivity contribution >= 4 is 17.2 Å². The first kappa shape index (κ1) is 12.6. The molecule has 1 aliphatic rings. The lowest BCUT2D eigenvalue weighted by Gasteiger charge is -2.33. The predicted molar refractivity (Wildman–Crippen MR) is 70.7 cm³/mol. The summed E-state index contributed by atoms with van der Waals surface area (Å²) in [6, 6.07) is 4.12. The standard InChI is InChI=1S/C13H20N2OS/c1-2-10-5-3-7-13(10,12(14)16)15-9-11-6-4-8-17-11/h4,6,8,10,15H,2-3,5,7,9H2,1H3,(H2,14,16). The van der Waals surface area contributed by atoms with E-state index in [4.69, 9.17) is 5.73 Å². The molecule has 2 unspecified atom stereocenters. The summed E-state index contributed by atoms with van der Waals surface area (Å²) in [5, 5.41) is 5.49. The third-order valence-electron chi connectivity index (χ3n) is 3.91. The minimum atomic E-state index is -0.473. The fourth-order valence-electron chi connectivity index (χ4n) is 2.93. The highest BCUT2D eigenvalue weighted by atomic mass is 32.1. The summed E-state index contributed by atoms with van der Waals surface area (Å²) in [6.45, 7) is 2.89. The molecule has 0 saturated heterocycles. The molecular weight excluding hydrogens is 232 g/mol. The van der Waals surface area contributed by atoms with Crippen LogP contribution in [-0.2, 0) is 11.3 Å². The average molecular weight is 252 g/mol. The van der Waals surface area contributed by atoms with Crippen LogP contribution in [0.2, 0.25) is 0 Å². The van der Waals surface area contributed by atoms with Crippen LogP contribution in [0.25, 0.3) is 0 Å². The van der Waals surface area contributed by atoms with Crippen LogP contribution in [-0.4, -0.2) is 11.4 Å². The van der Waals surface area contributed by atoms with Crippen molar-refractivity contribution in [3.8, 4) is 0 Å².